The Labute approximate surface area is 118 Å². The van der Waals surface area contributed by atoms with E-state index in [0.717, 1.165) is 29.6 Å². The maximum Gasteiger partial charge on any atom is 0.434 e. The molecular weight excluding hydrogens is 289 g/mol. The van der Waals surface area contributed by atoms with E-state index in [1.54, 1.807) is 7.05 Å². The summed E-state index contributed by atoms with van der Waals surface area (Å²) in [6.07, 6.45) is 1.64. The van der Waals surface area contributed by atoms with Crippen molar-refractivity contribution in [3.05, 3.63) is 28.2 Å². The number of nitrogens with one attached hydrogen (secondary N) is 2. The molecule has 0 aliphatic heterocycles. The number of alkyl halides is 3. The number of thiazole rings is 1. The van der Waals surface area contributed by atoms with Gasteiger partial charge in [-0.25, -0.2) is 4.98 Å². The average Bonchev–Trinajstić information content (AvgIpc) is 3.04. The topological polar surface area (TPSA) is 49.3 Å². The molecule has 1 aromatic heterocycles. The van der Waals surface area contributed by atoms with Crippen molar-refractivity contribution in [1.29, 1.82) is 0 Å². The summed E-state index contributed by atoms with van der Waals surface area (Å²) in [5.74, 6) is 0.572. The zero-order valence-corrected chi connectivity index (χ0v) is 11.7. The van der Waals surface area contributed by atoms with Gasteiger partial charge in [-0.3, -0.25) is 4.99 Å². The number of nitrogens with zero attached hydrogens (tertiary/aromatic N) is 2. The number of guanidine groups is 1. The second-order valence-corrected chi connectivity index (χ2v) is 5.28. The van der Waals surface area contributed by atoms with E-state index in [9.17, 15) is 13.2 Å². The van der Waals surface area contributed by atoms with Crippen LogP contribution in [0.3, 0.4) is 0 Å². The minimum Gasteiger partial charge on any atom is -0.353 e. The van der Waals surface area contributed by atoms with Crippen LogP contribution < -0.4 is 10.6 Å². The Morgan fingerprint density at radius 3 is 2.70 bits per heavy atom. The first-order valence-corrected chi connectivity index (χ1v) is 7.01. The Balaban J connectivity index is 1.85. The molecule has 0 fully saturated rings. The monoisotopic (exact) mass is 304 g/mol. The quantitative estimate of drug-likeness (QED) is 0.512. The summed E-state index contributed by atoms with van der Waals surface area (Å²) in [7, 11) is 1.63. The molecule has 0 bridgehead atoms. The van der Waals surface area contributed by atoms with Gasteiger partial charge in [-0.05, 0) is 12.8 Å². The van der Waals surface area contributed by atoms with E-state index in [0.29, 0.717) is 17.0 Å². The Kier molecular flexibility index (Phi) is 4.64. The van der Waals surface area contributed by atoms with Gasteiger partial charge in [0.25, 0.3) is 0 Å². The second-order valence-electron chi connectivity index (χ2n) is 4.33. The van der Waals surface area contributed by atoms with E-state index in [1.807, 2.05) is 0 Å². The lowest BCUT2D eigenvalue weighted by Crippen LogP contribution is -2.42. The van der Waals surface area contributed by atoms with E-state index in [1.165, 1.54) is 0 Å². The Morgan fingerprint density at radius 1 is 1.45 bits per heavy atom. The third-order valence-electron chi connectivity index (χ3n) is 2.82. The summed E-state index contributed by atoms with van der Waals surface area (Å²) in [5, 5.41) is 7.57. The molecule has 1 aromatic rings. The van der Waals surface area contributed by atoms with Gasteiger partial charge < -0.3 is 10.6 Å². The highest BCUT2D eigenvalue weighted by atomic mass is 32.1. The van der Waals surface area contributed by atoms with Crippen molar-refractivity contribution in [2.24, 2.45) is 4.99 Å². The van der Waals surface area contributed by atoms with E-state index < -0.39 is 11.9 Å². The molecule has 8 heteroatoms. The highest BCUT2D eigenvalue weighted by Gasteiger charge is 2.33. The van der Waals surface area contributed by atoms with Crippen molar-refractivity contribution in [3.8, 4) is 0 Å². The minimum absolute atomic E-state index is 0.223. The Hall–Kier alpha value is -1.57. The molecule has 1 aliphatic rings. The van der Waals surface area contributed by atoms with Crippen LogP contribution in [0.4, 0.5) is 13.2 Å². The van der Waals surface area contributed by atoms with Crippen molar-refractivity contribution in [3.63, 3.8) is 0 Å². The van der Waals surface area contributed by atoms with E-state index in [-0.39, 0.29) is 6.54 Å². The minimum atomic E-state index is -4.38. The van der Waals surface area contributed by atoms with Crippen molar-refractivity contribution in [1.82, 2.24) is 15.6 Å². The molecule has 0 aromatic carbocycles. The summed E-state index contributed by atoms with van der Waals surface area (Å²) >= 11 is 0.983. The molecule has 20 heavy (non-hydrogen) atoms. The number of rotatable bonds is 3. The van der Waals surface area contributed by atoms with Gasteiger partial charge >= 0.3 is 6.18 Å². The Morgan fingerprint density at radius 2 is 2.15 bits per heavy atom. The standard InChI is InChI=1S/C12H15F3N4S/c1-16-11(18-8-4-2-3-5-8)17-6-10-19-9(7-20-10)12(13,14)15/h2-3,7-8H,4-6H2,1H3,(H2,16,17,18). The van der Waals surface area contributed by atoms with Gasteiger partial charge in [-0.2, -0.15) is 13.2 Å². The fraction of sp³-hybridized carbons (Fsp3) is 0.500. The first kappa shape index (κ1) is 14.8. The van der Waals surface area contributed by atoms with Gasteiger partial charge in [-0.1, -0.05) is 12.2 Å². The van der Waals surface area contributed by atoms with E-state index in [4.69, 9.17) is 0 Å². The molecule has 0 unspecified atom stereocenters. The molecule has 0 saturated heterocycles. The van der Waals surface area contributed by atoms with Crippen LogP contribution in [-0.2, 0) is 12.7 Å². The van der Waals surface area contributed by atoms with Crippen LogP contribution in [0.25, 0.3) is 0 Å². The van der Waals surface area contributed by atoms with Gasteiger partial charge in [0.1, 0.15) is 5.01 Å². The normalized spacial score (nSPS) is 16.7. The molecule has 0 saturated carbocycles. The van der Waals surface area contributed by atoms with Crippen LogP contribution in [0.15, 0.2) is 22.5 Å². The van der Waals surface area contributed by atoms with Crippen molar-refractivity contribution < 1.29 is 13.2 Å². The lowest BCUT2D eigenvalue weighted by Gasteiger charge is -2.16. The highest BCUT2D eigenvalue weighted by molar-refractivity contribution is 7.09. The lowest BCUT2D eigenvalue weighted by molar-refractivity contribution is -0.140. The van der Waals surface area contributed by atoms with Gasteiger partial charge in [0, 0.05) is 18.5 Å². The van der Waals surface area contributed by atoms with Crippen LogP contribution in [0, 0.1) is 0 Å². The van der Waals surface area contributed by atoms with Gasteiger partial charge in [0.2, 0.25) is 0 Å². The van der Waals surface area contributed by atoms with Crippen molar-refractivity contribution in [2.45, 2.75) is 31.6 Å². The molecule has 4 nitrogen and oxygen atoms in total. The van der Waals surface area contributed by atoms with Gasteiger partial charge in [0.15, 0.2) is 11.7 Å². The SMILES string of the molecule is CN=C(NCc1nc(C(F)(F)F)cs1)NC1CC=CC1. The first-order chi connectivity index (χ1) is 9.49. The summed E-state index contributed by atoms with van der Waals surface area (Å²) in [6.45, 7) is 0.223. The van der Waals surface area contributed by atoms with Crippen molar-refractivity contribution in [2.75, 3.05) is 7.05 Å². The second kappa shape index (κ2) is 6.25. The first-order valence-electron chi connectivity index (χ1n) is 6.13. The summed E-state index contributed by atoms with van der Waals surface area (Å²) in [4.78, 5) is 7.60. The van der Waals surface area contributed by atoms with Crippen LogP contribution in [0.1, 0.15) is 23.5 Å². The molecule has 2 rings (SSSR count). The molecule has 2 N–H and O–H groups in total. The third kappa shape index (κ3) is 3.96. The molecular formula is C12H15F3N4S. The number of hydrogen-bond donors (Lipinski definition) is 2. The smallest absolute Gasteiger partial charge is 0.353 e. The molecule has 110 valence electrons. The molecule has 1 aliphatic carbocycles. The maximum absolute atomic E-state index is 12.4. The fourth-order valence-electron chi connectivity index (χ4n) is 1.80. The predicted octanol–water partition coefficient (Wildman–Crippen LogP) is 2.55. The predicted molar refractivity (Wildman–Crippen MR) is 72.6 cm³/mol. The number of aliphatic imine (C=N–C) groups is 1. The van der Waals surface area contributed by atoms with E-state index >= 15 is 0 Å². The summed E-state index contributed by atoms with van der Waals surface area (Å²) in [5.41, 5.74) is -0.845. The van der Waals surface area contributed by atoms with Crippen LogP contribution >= 0.6 is 11.3 Å². The van der Waals surface area contributed by atoms with Gasteiger partial charge in [0.05, 0.1) is 6.54 Å². The third-order valence-corrected chi connectivity index (χ3v) is 3.67. The maximum atomic E-state index is 12.4. The molecule has 0 spiro atoms. The van der Waals surface area contributed by atoms with E-state index in [2.05, 4.69) is 32.8 Å². The summed E-state index contributed by atoms with van der Waals surface area (Å²) in [6, 6.07) is 0.295. The molecule has 1 heterocycles. The number of aromatic nitrogens is 1. The summed E-state index contributed by atoms with van der Waals surface area (Å²) < 4.78 is 37.3. The Bertz CT molecular complexity index is 499. The lowest BCUT2D eigenvalue weighted by atomic mass is 10.2. The zero-order chi connectivity index (χ0) is 14.6. The van der Waals surface area contributed by atoms with Crippen LogP contribution in [0.2, 0.25) is 0 Å². The number of halogens is 3. The highest BCUT2D eigenvalue weighted by Crippen LogP contribution is 2.29. The van der Waals surface area contributed by atoms with Crippen molar-refractivity contribution >= 4 is 17.3 Å². The zero-order valence-electron chi connectivity index (χ0n) is 10.9. The van der Waals surface area contributed by atoms with Crippen LogP contribution in [0.5, 0.6) is 0 Å². The number of hydrogen-bond acceptors (Lipinski definition) is 3. The fourth-order valence-corrected chi connectivity index (χ4v) is 2.55. The molecule has 0 amide bonds. The molecule has 0 atom stereocenters. The average molecular weight is 304 g/mol. The molecule has 0 radical (unpaired) electrons. The largest absolute Gasteiger partial charge is 0.434 e. The van der Waals surface area contributed by atoms with Crippen LogP contribution in [-0.4, -0.2) is 24.0 Å². The van der Waals surface area contributed by atoms with Gasteiger partial charge in [-0.15, -0.1) is 11.3 Å².